The van der Waals surface area contributed by atoms with Gasteiger partial charge in [0.15, 0.2) is 0 Å². The van der Waals surface area contributed by atoms with Crippen LogP contribution < -0.4 is 4.74 Å². The first-order chi connectivity index (χ1) is 17.4. The van der Waals surface area contributed by atoms with Crippen LogP contribution in [0.2, 0.25) is 0 Å². The van der Waals surface area contributed by atoms with Crippen LogP contribution in [0.5, 0.6) is 5.75 Å². The Morgan fingerprint density at radius 2 is 1.75 bits per heavy atom. The van der Waals surface area contributed by atoms with Crippen molar-refractivity contribution >= 4 is 6.08 Å². The number of ether oxygens (including phenoxy) is 1. The van der Waals surface area contributed by atoms with Crippen LogP contribution in [0.15, 0.2) is 42.5 Å². The fraction of sp³-hybridized carbons (Fsp3) is 0.500. The number of nitrogens with zero attached hydrogens (tertiary/aromatic N) is 3. The highest BCUT2D eigenvalue weighted by molar-refractivity contribution is 5.57. The van der Waals surface area contributed by atoms with Crippen LogP contribution in [0, 0.1) is 13.8 Å². The molecule has 1 aromatic heterocycles. The molecule has 6 heteroatoms. The Morgan fingerprint density at radius 3 is 2.33 bits per heavy atom. The molecule has 0 radical (unpaired) electrons. The number of benzene rings is 2. The number of rotatable bonds is 12. The highest BCUT2D eigenvalue weighted by Gasteiger charge is 2.32. The van der Waals surface area contributed by atoms with Gasteiger partial charge in [0.05, 0.1) is 12.2 Å². The molecule has 1 heterocycles. The zero-order valence-corrected chi connectivity index (χ0v) is 22.2. The van der Waals surface area contributed by atoms with Crippen LogP contribution in [0.1, 0.15) is 92.4 Å². The molecule has 192 valence electrons. The summed E-state index contributed by atoms with van der Waals surface area (Å²) in [5, 5.41) is 24.4. The van der Waals surface area contributed by atoms with Crippen LogP contribution >= 0.6 is 0 Å². The molecule has 3 aromatic rings. The van der Waals surface area contributed by atoms with E-state index < -0.39 is 5.60 Å². The smallest absolute Gasteiger partial charge is 0.148 e. The van der Waals surface area contributed by atoms with E-state index in [-0.39, 0.29) is 5.41 Å². The highest BCUT2D eigenvalue weighted by atomic mass is 16.5. The summed E-state index contributed by atoms with van der Waals surface area (Å²) in [6.07, 6.45) is 11.7. The van der Waals surface area contributed by atoms with Crippen molar-refractivity contribution < 1.29 is 9.84 Å². The molecule has 1 fully saturated rings. The Labute approximate surface area is 215 Å². The number of aromatic amines is 1. The van der Waals surface area contributed by atoms with Crippen LogP contribution in [0.4, 0.5) is 0 Å². The maximum Gasteiger partial charge on any atom is 0.148 e. The summed E-state index contributed by atoms with van der Waals surface area (Å²) in [6.45, 7) is 9.55. The number of hydrogen-bond donors (Lipinski definition) is 2. The number of tetrazole rings is 1. The van der Waals surface area contributed by atoms with E-state index in [4.69, 9.17) is 4.74 Å². The minimum absolute atomic E-state index is 0.0480. The summed E-state index contributed by atoms with van der Waals surface area (Å²) in [4.78, 5) is 0. The fourth-order valence-electron chi connectivity index (χ4n) is 5.31. The maximum atomic E-state index is 10.4. The van der Waals surface area contributed by atoms with Gasteiger partial charge in [-0.15, -0.1) is 5.10 Å². The first kappa shape index (κ1) is 26.1. The number of aromatic nitrogens is 4. The molecule has 1 aliphatic rings. The lowest BCUT2D eigenvalue weighted by Crippen LogP contribution is -2.33. The SMILES string of the molecule is CCC(CC)(c1ccc(C=CC2(O)CCC2)c(C)c1)c1ccc(OCCCCc2nnn[nH]2)c(C)c1. The van der Waals surface area contributed by atoms with E-state index in [1.807, 2.05) is 6.08 Å². The molecular formula is C30H40N4O2. The van der Waals surface area contributed by atoms with Crippen molar-refractivity contribution in [2.45, 2.75) is 90.1 Å². The molecule has 0 saturated heterocycles. The van der Waals surface area contributed by atoms with E-state index in [1.54, 1.807) is 0 Å². The van der Waals surface area contributed by atoms with Gasteiger partial charge in [0.1, 0.15) is 11.6 Å². The van der Waals surface area contributed by atoms with Crippen LogP contribution in [0.25, 0.3) is 6.08 Å². The third-order valence-corrected chi connectivity index (χ3v) is 8.00. The number of nitrogens with one attached hydrogen (secondary N) is 1. The number of H-pyrrole nitrogens is 1. The Kier molecular flexibility index (Phi) is 8.24. The molecule has 6 nitrogen and oxygen atoms in total. The first-order valence-corrected chi connectivity index (χ1v) is 13.4. The molecule has 2 aromatic carbocycles. The lowest BCUT2D eigenvalue weighted by Gasteiger charge is -2.34. The van der Waals surface area contributed by atoms with Crippen molar-refractivity contribution in [3.8, 4) is 5.75 Å². The van der Waals surface area contributed by atoms with Gasteiger partial charge in [0.25, 0.3) is 0 Å². The number of unbranched alkanes of at least 4 members (excludes halogenated alkanes) is 1. The Balaban J connectivity index is 1.46. The van der Waals surface area contributed by atoms with Crippen molar-refractivity contribution in [2.75, 3.05) is 6.61 Å². The molecule has 2 N–H and O–H groups in total. The topological polar surface area (TPSA) is 83.9 Å². The molecule has 0 amide bonds. The third kappa shape index (κ3) is 5.70. The lowest BCUT2D eigenvalue weighted by molar-refractivity contribution is 0.0150. The van der Waals surface area contributed by atoms with Crippen molar-refractivity contribution in [1.82, 2.24) is 20.6 Å². The molecule has 0 atom stereocenters. The molecule has 36 heavy (non-hydrogen) atoms. The zero-order chi connectivity index (χ0) is 25.6. The highest BCUT2D eigenvalue weighted by Crippen LogP contribution is 2.41. The standard InChI is InChI=1S/C30H40N4O2/c1-5-30(6-2,25-12-11-24(22(3)20-25)15-18-29(35)16-9-17-29)26-13-14-27(23(4)21-26)36-19-8-7-10-28-31-33-34-32-28/h11-15,18,20-21,35H,5-10,16-17,19H2,1-4H3,(H,31,32,33,34). The Morgan fingerprint density at radius 1 is 1.03 bits per heavy atom. The van der Waals surface area contributed by atoms with Gasteiger partial charge in [-0.2, -0.15) is 0 Å². The molecule has 0 aliphatic heterocycles. The van der Waals surface area contributed by atoms with Gasteiger partial charge in [-0.25, -0.2) is 5.10 Å². The molecule has 1 saturated carbocycles. The van der Waals surface area contributed by atoms with Gasteiger partial charge in [-0.1, -0.05) is 56.3 Å². The predicted octanol–water partition coefficient (Wildman–Crippen LogP) is 6.25. The maximum absolute atomic E-state index is 10.4. The minimum Gasteiger partial charge on any atom is -0.493 e. The van der Waals surface area contributed by atoms with Gasteiger partial charge < -0.3 is 9.84 Å². The van der Waals surface area contributed by atoms with Crippen LogP contribution in [0.3, 0.4) is 0 Å². The molecule has 0 unspecified atom stereocenters. The lowest BCUT2D eigenvalue weighted by atomic mass is 9.70. The second-order valence-corrected chi connectivity index (χ2v) is 10.3. The summed E-state index contributed by atoms with van der Waals surface area (Å²) < 4.78 is 6.11. The average Bonchev–Trinajstić information content (AvgIpc) is 3.38. The molecule has 0 spiro atoms. The first-order valence-electron chi connectivity index (χ1n) is 13.4. The van der Waals surface area contributed by atoms with E-state index in [9.17, 15) is 5.11 Å². The Bertz CT molecular complexity index is 1160. The van der Waals surface area contributed by atoms with Gasteiger partial charge in [0, 0.05) is 11.8 Å². The van der Waals surface area contributed by atoms with Crippen LogP contribution in [-0.4, -0.2) is 37.9 Å². The van der Waals surface area contributed by atoms with Crippen molar-refractivity contribution in [3.63, 3.8) is 0 Å². The molecule has 1 aliphatic carbocycles. The zero-order valence-electron chi connectivity index (χ0n) is 22.2. The molecule has 4 rings (SSSR count). The van der Waals surface area contributed by atoms with Gasteiger partial charge in [-0.3, -0.25) is 0 Å². The second-order valence-electron chi connectivity index (χ2n) is 10.3. The monoisotopic (exact) mass is 488 g/mol. The Hall–Kier alpha value is -2.99. The third-order valence-electron chi connectivity index (χ3n) is 8.00. The molecule has 0 bridgehead atoms. The van der Waals surface area contributed by atoms with Crippen molar-refractivity contribution in [1.29, 1.82) is 0 Å². The summed E-state index contributed by atoms with van der Waals surface area (Å²) in [6, 6.07) is 13.5. The fourth-order valence-corrected chi connectivity index (χ4v) is 5.31. The number of aryl methyl sites for hydroxylation is 3. The normalized spacial score (nSPS) is 15.2. The average molecular weight is 489 g/mol. The summed E-state index contributed by atoms with van der Waals surface area (Å²) >= 11 is 0. The van der Waals surface area contributed by atoms with Crippen molar-refractivity contribution in [2.24, 2.45) is 0 Å². The number of aliphatic hydroxyl groups is 1. The van der Waals surface area contributed by atoms with Crippen LogP contribution in [-0.2, 0) is 11.8 Å². The summed E-state index contributed by atoms with van der Waals surface area (Å²) in [5.41, 5.74) is 5.63. The second kappa shape index (κ2) is 11.4. The van der Waals surface area contributed by atoms with E-state index in [2.05, 4.69) is 90.8 Å². The van der Waals surface area contributed by atoms with E-state index in [0.29, 0.717) is 6.61 Å². The largest absolute Gasteiger partial charge is 0.493 e. The van der Waals surface area contributed by atoms with Gasteiger partial charge in [-0.05, 0) is 103 Å². The van der Waals surface area contributed by atoms with Gasteiger partial charge in [0.2, 0.25) is 0 Å². The van der Waals surface area contributed by atoms with E-state index in [1.165, 1.54) is 27.8 Å². The summed E-state index contributed by atoms with van der Waals surface area (Å²) in [5.74, 6) is 1.77. The number of hydrogen-bond acceptors (Lipinski definition) is 5. The van der Waals surface area contributed by atoms with Crippen molar-refractivity contribution in [3.05, 3.63) is 76.1 Å². The summed E-state index contributed by atoms with van der Waals surface area (Å²) in [7, 11) is 0. The van der Waals surface area contributed by atoms with E-state index >= 15 is 0 Å². The minimum atomic E-state index is -0.600. The molecular weight excluding hydrogens is 448 g/mol. The quantitative estimate of drug-likeness (QED) is 0.294. The van der Waals surface area contributed by atoms with E-state index in [0.717, 1.165) is 62.9 Å². The van der Waals surface area contributed by atoms with Gasteiger partial charge >= 0.3 is 0 Å². The predicted molar refractivity (Wildman–Crippen MR) is 144 cm³/mol.